The van der Waals surface area contributed by atoms with Crippen molar-refractivity contribution in [2.75, 3.05) is 18.4 Å². The standard InChI is InChI=1S/C19H21N5O/c1-13-4-3-9-24(12-13)18(25)17-10-14(2)21-19(23-17)22-16-7-5-15(11-20)6-8-16/h5-8,10,13H,3-4,9,12H2,1-2H3,(H,21,22,23). The molecule has 1 aliphatic rings. The largest absolute Gasteiger partial charge is 0.337 e. The first kappa shape index (κ1) is 16.9. The first-order valence-electron chi connectivity index (χ1n) is 8.47. The topological polar surface area (TPSA) is 81.9 Å². The summed E-state index contributed by atoms with van der Waals surface area (Å²) in [6.07, 6.45) is 2.20. The van der Waals surface area contributed by atoms with Crippen LogP contribution in [-0.2, 0) is 0 Å². The zero-order valence-electron chi connectivity index (χ0n) is 14.5. The summed E-state index contributed by atoms with van der Waals surface area (Å²) in [5.41, 5.74) is 2.51. The molecule has 0 spiro atoms. The minimum Gasteiger partial charge on any atom is -0.337 e. The Morgan fingerprint density at radius 3 is 2.76 bits per heavy atom. The van der Waals surface area contributed by atoms with E-state index < -0.39 is 0 Å². The highest BCUT2D eigenvalue weighted by Crippen LogP contribution is 2.19. The molecule has 1 atom stereocenters. The van der Waals surface area contributed by atoms with Crippen LogP contribution in [0.1, 0.15) is 41.5 Å². The van der Waals surface area contributed by atoms with Crippen LogP contribution >= 0.6 is 0 Å². The second-order valence-corrected chi connectivity index (χ2v) is 6.53. The van der Waals surface area contributed by atoms with Crippen molar-refractivity contribution in [2.45, 2.75) is 26.7 Å². The molecule has 2 heterocycles. The lowest BCUT2D eigenvalue weighted by Gasteiger charge is -2.30. The summed E-state index contributed by atoms with van der Waals surface area (Å²) < 4.78 is 0. The molecule has 1 aromatic heterocycles. The molecule has 0 saturated carbocycles. The van der Waals surface area contributed by atoms with Gasteiger partial charge >= 0.3 is 0 Å². The van der Waals surface area contributed by atoms with Crippen LogP contribution < -0.4 is 5.32 Å². The average Bonchev–Trinajstić information content (AvgIpc) is 2.61. The van der Waals surface area contributed by atoms with E-state index >= 15 is 0 Å². The molecule has 6 heteroatoms. The SMILES string of the molecule is Cc1cc(C(=O)N2CCCC(C)C2)nc(Nc2ccc(C#N)cc2)n1. The number of piperidine rings is 1. The molecule has 1 unspecified atom stereocenters. The summed E-state index contributed by atoms with van der Waals surface area (Å²) in [4.78, 5) is 23.4. The van der Waals surface area contributed by atoms with E-state index in [0.29, 0.717) is 23.1 Å². The highest BCUT2D eigenvalue weighted by molar-refractivity contribution is 5.92. The Morgan fingerprint density at radius 1 is 1.32 bits per heavy atom. The molecule has 6 nitrogen and oxygen atoms in total. The molecule has 25 heavy (non-hydrogen) atoms. The van der Waals surface area contributed by atoms with E-state index in [0.717, 1.165) is 37.3 Å². The molecular formula is C19H21N5O. The molecule has 1 aliphatic heterocycles. The third kappa shape index (κ3) is 4.13. The number of rotatable bonds is 3. The van der Waals surface area contributed by atoms with Crippen molar-refractivity contribution >= 4 is 17.5 Å². The van der Waals surface area contributed by atoms with Crippen LogP contribution in [0.4, 0.5) is 11.6 Å². The number of nitrogens with one attached hydrogen (secondary N) is 1. The number of carbonyl (C=O) groups excluding carboxylic acids is 1. The lowest BCUT2D eigenvalue weighted by Crippen LogP contribution is -2.39. The van der Waals surface area contributed by atoms with E-state index in [9.17, 15) is 4.79 Å². The minimum absolute atomic E-state index is 0.0417. The zero-order chi connectivity index (χ0) is 17.8. The van der Waals surface area contributed by atoms with Crippen LogP contribution in [0.15, 0.2) is 30.3 Å². The summed E-state index contributed by atoms with van der Waals surface area (Å²) in [5, 5.41) is 12.0. The summed E-state index contributed by atoms with van der Waals surface area (Å²) in [6, 6.07) is 10.8. The molecule has 1 N–H and O–H groups in total. The number of amides is 1. The van der Waals surface area contributed by atoms with Crippen LogP contribution in [0.2, 0.25) is 0 Å². The first-order valence-corrected chi connectivity index (χ1v) is 8.47. The summed E-state index contributed by atoms with van der Waals surface area (Å²) in [6.45, 7) is 5.58. The smallest absolute Gasteiger partial charge is 0.272 e. The number of benzene rings is 1. The number of likely N-dealkylation sites (tertiary alicyclic amines) is 1. The van der Waals surface area contributed by atoms with Gasteiger partial charge in [0.2, 0.25) is 5.95 Å². The Bertz CT molecular complexity index is 810. The molecule has 0 bridgehead atoms. The van der Waals surface area contributed by atoms with Crippen LogP contribution in [-0.4, -0.2) is 33.9 Å². The van der Waals surface area contributed by atoms with E-state index in [2.05, 4.69) is 28.3 Å². The van der Waals surface area contributed by atoms with Crippen LogP contribution in [0, 0.1) is 24.2 Å². The summed E-state index contributed by atoms with van der Waals surface area (Å²) in [7, 11) is 0. The number of hydrogen-bond donors (Lipinski definition) is 1. The second kappa shape index (κ2) is 7.31. The second-order valence-electron chi connectivity index (χ2n) is 6.53. The summed E-state index contributed by atoms with van der Waals surface area (Å²) in [5.74, 6) is 0.870. The van der Waals surface area contributed by atoms with Crippen molar-refractivity contribution in [3.8, 4) is 6.07 Å². The van der Waals surface area contributed by atoms with Gasteiger partial charge in [0.1, 0.15) is 5.69 Å². The monoisotopic (exact) mass is 335 g/mol. The van der Waals surface area contributed by atoms with Gasteiger partial charge in [-0.2, -0.15) is 5.26 Å². The number of aryl methyl sites for hydroxylation is 1. The van der Waals surface area contributed by atoms with Gasteiger partial charge in [-0.25, -0.2) is 9.97 Å². The molecule has 0 radical (unpaired) electrons. The minimum atomic E-state index is -0.0417. The molecular weight excluding hydrogens is 314 g/mol. The van der Waals surface area contributed by atoms with Crippen LogP contribution in [0.3, 0.4) is 0 Å². The number of hydrogen-bond acceptors (Lipinski definition) is 5. The number of aromatic nitrogens is 2. The average molecular weight is 335 g/mol. The molecule has 3 rings (SSSR count). The van der Waals surface area contributed by atoms with E-state index in [1.165, 1.54) is 0 Å². The lowest BCUT2D eigenvalue weighted by molar-refractivity contribution is 0.0677. The normalized spacial score (nSPS) is 17.0. The van der Waals surface area contributed by atoms with Gasteiger partial charge in [-0.15, -0.1) is 0 Å². The zero-order valence-corrected chi connectivity index (χ0v) is 14.5. The number of anilines is 2. The Kier molecular flexibility index (Phi) is 4.94. The van der Waals surface area contributed by atoms with Gasteiger partial charge < -0.3 is 10.2 Å². The van der Waals surface area contributed by atoms with E-state index in [4.69, 9.17) is 5.26 Å². The van der Waals surface area contributed by atoms with Gasteiger partial charge in [0, 0.05) is 24.5 Å². The van der Waals surface area contributed by atoms with Crippen molar-refractivity contribution in [3.05, 3.63) is 47.3 Å². The fraction of sp³-hybridized carbons (Fsp3) is 0.368. The van der Waals surface area contributed by atoms with Crippen molar-refractivity contribution in [2.24, 2.45) is 5.92 Å². The maximum absolute atomic E-state index is 12.8. The lowest BCUT2D eigenvalue weighted by atomic mass is 10.00. The first-order chi connectivity index (χ1) is 12.0. The Labute approximate surface area is 147 Å². The molecule has 1 aromatic carbocycles. The molecule has 0 aliphatic carbocycles. The fourth-order valence-electron chi connectivity index (χ4n) is 3.03. The van der Waals surface area contributed by atoms with Gasteiger partial charge in [-0.1, -0.05) is 6.92 Å². The molecule has 1 saturated heterocycles. The molecule has 2 aromatic rings. The van der Waals surface area contributed by atoms with Crippen molar-refractivity contribution in [3.63, 3.8) is 0 Å². The van der Waals surface area contributed by atoms with Gasteiger partial charge in [-0.05, 0) is 56.0 Å². The predicted molar refractivity (Wildman–Crippen MR) is 95.5 cm³/mol. The van der Waals surface area contributed by atoms with Crippen LogP contribution in [0.25, 0.3) is 0 Å². The number of nitrogens with zero attached hydrogens (tertiary/aromatic N) is 4. The Morgan fingerprint density at radius 2 is 2.08 bits per heavy atom. The van der Waals surface area contributed by atoms with Crippen LogP contribution in [0.5, 0.6) is 0 Å². The third-order valence-electron chi connectivity index (χ3n) is 4.29. The van der Waals surface area contributed by atoms with E-state index in [1.807, 2.05) is 11.8 Å². The van der Waals surface area contributed by atoms with Gasteiger partial charge in [0.05, 0.1) is 11.6 Å². The fourth-order valence-corrected chi connectivity index (χ4v) is 3.03. The highest BCUT2D eigenvalue weighted by Gasteiger charge is 2.23. The quantitative estimate of drug-likeness (QED) is 0.931. The number of nitriles is 1. The van der Waals surface area contributed by atoms with Crippen molar-refractivity contribution in [1.29, 1.82) is 5.26 Å². The van der Waals surface area contributed by atoms with Gasteiger partial charge in [-0.3, -0.25) is 4.79 Å². The van der Waals surface area contributed by atoms with E-state index in [-0.39, 0.29) is 5.91 Å². The van der Waals surface area contributed by atoms with Gasteiger partial charge in [0.15, 0.2) is 0 Å². The Hall–Kier alpha value is -2.94. The molecule has 1 fully saturated rings. The summed E-state index contributed by atoms with van der Waals surface area (Å²) >= 11 is 0. The maximum Gasteiger partial charge on any atom is 0.272 e. The maximum atomic E-state index is 12.8. The number of carbonyl (C=O) groups is 1. The molecule has 1 amide bonds. The third-order valence-corrected chi connectivity index (χ3v) is 4.29. The van der Waals surface area contributed by atoms with Crippen molar-refractivity contribution < 1.29 is 4.79 Å². The molecule has 128 valence electrons. The highest BCUT2D eigenvalue weighted by atomic mass is 16.2. The van der Waals surface area contributed by atoms with Gasteiger partial charge in [0.25, 0.3) is 5.91 Å². The predicted octanol–water partition coefficient (Wildman–Crippen LogP) is 3.27. The Balaban J connectivity index is 1.79. The van der Waals surface area contributed by atoms with Crippen molar-refractivity contribution in [1.82, 2.24) is 14.9 Å². The van der Waals surface area contributed by atoms with E-state index in [1.54, 1.807) is 30.3 Å².